The van der Waals surface area contributed by atoms with Crippen molar-refractivity contribution in [2.24, 2.45) is 5.92 Å². The fourth-order valence-electron chi connectivity index (χ4n) is 4.46. The third-order valence-electron chi connectivity index (χ3n) is 6.02. The topological polar surface area (TPSA) is 118 Å². The summed E-state index contributed by atoms with van der Waals surface area (Å²) in [5.41, 5.74) is 1.04. The van der Waals surface area contributed by atoms with Gasteiger partial charge in [-0.05, 0) is 42.0 Å². The van der Waals surface area contributed by atoms with E-state index in [1.165, 1.54) is 38.0 Å². The molecule has 2 aliphatic rings. The number of imide groups is 1. The van der Waals surface area contributed by atoms with Crippen LogP contribution in [0.4, 0.5) is 5.69 Å². The Morgan fingerprint density at radius 3 is 2.18 bits per heavy atom. The van der Waals surface area contributed by atoms with Gasteiger partial charge in [0, 0.05) is 10.8 Å². The first-order valence-electron chi connectivity index (χ1n) is 10.2. The van der Waals surface area contributed by atoms with Crippen LogP contribution in [0.5, 0.6) is 23.0 Å². The predicted molar refractivity (Wildman–Crippen MR) is 127 cm³/mol. The lowest BCUT2D eigenvalue weighted by atomic mass is 9.83. The molecule has 0 saturated carbocycles. The van der Waals surface area contributed by atoms with Crippen LogP contribution >= 0.6 is 23.1 Å². The van der Waals surface area contributed by atoms with E-state index in [4.69, 9.17) is 14.2 Å². The van der Waals surface area contributed by atoms with Crippen LogP contribution in [0.1, 0.15) is 16.4 Å². The molecule has 0 unspecified atom stereocenters. The number of amides is 2. The van der Waals surface area contributed by atoms with Gasteiger partial charge in [0.1, 0.15) is 11.0 Å². The zero-order chi connectivity index (χ0) is 24.1. The number of phenolic OH excluding ortho intramolecular Hbond substituents is 1. The molecule has 9 nitrogen and oxygen atoms in total. The first-order chi connectivity index (χ1) is 16.4. The molecule has 3 heterocycles. The molecule has 0 spiro atoms. The molecule has 2 aliphatic heterocycles. The molecule has 3 aromatic rings. The molecule has 2 aromatic carbocycles. The fourth-order valence-corrected chi connectivity index (χ4v) is 6.97. The highest BCUT2D eigenvalue weighted by atomic mass is 32.2. The number of benzene rings is 2. The number of hydrogen-bond donors (Lipinski definition) is 2. The van der Waals surface area contributed by atoms with Gasteiger partial charge in [0.05, 0.1) is 38.0 Å². The van der Waals surface area contributed by atoms with Crippen LogP contribution in [0.3, 0.4) is 0 Å². The van der Waals surface area contributed by atoms with Gasteiger partial charge in [-0.15, -0.1) is 0 Å². The van der Waals surface area contributed by atoms with Gasteiger partial charge in [0.15, 0.2) is 11.5 Å². The van der Waals surface area contributed by atoms with E-state index in [2.05, 4.69) is 4.98 Å². The molecule has 2 amide bonds. The molecular formula is C23H20N2O7S2. The number of aromatic hydroxyl groups is 1. The Hall–Kier alpha value is -3.44. The number of aromatic amines is 1. The molecule has 11 heteroatoms. The number of nitrogens with zero attached hydrogens (tertiary/aromatic N) is 1. The second-order valence-electron chi connectivity index (χ2n) is 7.73. The van der Waals surface area contributed by atoms with Crippen LogP contribution in [0, 0.1) is 5.92 Å². The lowest BCUT2D eigenvalue weighted by molar-refractivity contribution is -0.122. The number of hydrogen-bond acceptors (Lipinski definition) is 9. The quantitative estimate of drug-likeness (QED) is 0.514. The van der Waals surface area contributed by atoms with Gasteiger partial charge < -0.3 is 24.3 Å². The maximum Gasteiger partial charge on any atom is 0.305 e. The number of rotatable bonds is 5. The Morgan fingerprint density at radius 2 is 1.59 bits per heavy atom. The first-order valence-corrected chi connectivity index (χ1v) is 11.9. The van der Waals surface area contributed by atoms with E-state index in [0.29, 0.717) is 26.9 Å². The van der Waals surface area contributed by atoms with Crippen LogP contribution in [-0.4, -0.2) is 48.5 Å². The van der Waals surface area contributed by atoms with Crippen molar-refractivity contribution in [3.63, 3.8) is 0 Å². The van der Waals surface area contributed by atoms with E-state index >= 15 is 0 Å². The average molecular weight is 501 g/mol. The number of thiazole rings is 1. The van der Waals surface area contributed by atoms with Crippen molar-refractivity contribution in [1.82, 2.24) is 4.98 Å². The van der Waals surface area contributed by atoms with Gasteiger partial charge in [-0.2, -0.15) is 0 Å². The maximum atomic E-state index is 13.7. The Bertz CT molecular complexity index is 1320. The smallest absolute Gasteiger partial charge is 0.305 e. The Kier molecular flexibility index (Phi) is 5.53. The van der Waals surface area contributed by atoms with Gasteiger partial charge in [0.25, 0.3) is 0 Å². The van der Waals surface area contributed by atoms with Crippen molar-refractivity contribution in [1.29, 1.82) is 0 Å². The van der Waals surface area contributed by atoms with E-state index in [1.807, 2.05) is 0 Å². The third-order valence-corrected chi connectivity index (χ3v) is 8.42. The highest BCUT2D eigenvalue weighted by Gasteiger charge is 2.56. The molecule has 0 bridgehead atoms. The van der Waals surface area contributed by atoms with Crippen LogP contribution in [-0.2, 0) is 9.59 Å². The minimum Gasteiger partial charge on any atom is -0.502 e. The Labute approximate surface area is 202 Å². The van der Waals surface area contributed by atoms with E-state index < -0.39 is 17.1 Å². The number of phenols is 1. The number of thioether (sulfide) groups is 1. The van der Waals surface area contributed by atoms with Crippen molar-refractivity contribution in [2.75, 3.05) is 26.2 Å². The summed E-state index contributed by atoms with van der Waals surface area (Å²) < 4.78 is 15.8. The molecule has 176 valence electrons. The summed E-state index contributed by atoms with van der Waals surface area (Å²) in [7, 11) is 4.36. The summed E-state index contributed by atoms with van der Waals surface area (Å²) in [5, 5.41) is 10.2. The number of carbonyl (C=O) groups excluding carboxylic acids is 2. The van der Waals surface area contributed by atoms with Crippen molar-refractivity contribution >= 4 is 40.6 Å². The second kappa shape index (κ2) is 8.41. The van der Waals surface area contributed by atoms with E-state index in [-0.39, 0.29) is 33.9 Å². The lowest BCUT2D eigenvalue weighted by Gasteiger charge is -2.30. The first kappa shape index (κ1) is 22.4. The molecule has 0 aliphatic carbocycles. The number of fused-ring (bicyclic) bond motifs is 2. The largest absolute Gasteiger partial charge is 0.502 e. The predicted octanol–water partition coefficient (Wildman–Crippen LogP) is 2.96. The molecular weight excluding hydrogens is 480 g/mol. The number of anilines is 1. The molecule has 3 atom stereocenters. The molecule has 34 heavy (non-hydrogen) atoms. The van der Waals surface area contributed by atoms with Crippen LogP contribution in [0.15, 0.2) is 46.2 Å². The monoisotopic (exact) mass is 500 g/mol. The highest BCUT2D eigenvalue weighted by Crippen LogP contribution is 2.54. The average Bonchev–Trinajstić information content (AvgIpc) is 3.33. The number of carbonyl (C=O) groups is 2. The number of aromatic nitrogens is 1. The number of ether oxygens (including phenoxy) is 3. The fraction of sp³-hybridized carbons (Fsp3) is 0.261. The van der Waals surface area contributed by atoms with Crippen molar-refractivity contribution in [3.8, 4) is 23.0 Å². The summed E-state index contributed by atoms with van der Waals surface area (Å²) >= 11 is 2.20. The summed E-state index contributed by atoms with van der Waals surface area (Å²) in [6.45, 7) is 0. The van der Waals surface area contributed by atoms with Gasteiger partial charge in [-0.3, -0.25) is 14.4 Å². The van der Waals surface area contributed by atoms with E-state index in [1.54, 1.807) is 36.4 Å². The lowest BCUT2D eigenvalue weighted by Crippen LogP contribution is -2.32. The van der Waals surface area contributed by atoms with E-state index in [9.17, 15) is 19.5 Å². The molecule has 0 radical (unpaired) electrons. The van der Waals surface area contributed by atoms with Crippen molar-refractivity contribution < 1.29 is 28.9 Å². The molecule has 1 fully saturated rings. The summed E-state index contributed by atoms with van der Waals surface area (Å²) in [6.07, 6.45) is 0. The van der Waals surface area contributed by atoms with Crippen LogP contribution in [0.2, 0.25) is 0 Å². The maximum absolute atomic E-state index is 13.7. The minimum absolute atomic E-state index is 0.164. The van der Waals surface area contributed by atoms with Gasteiger partial charge >= 0.3 is 4.87 Å². The Morgan fingerprint density at radius 1 is 0.941 bits per heavy atom. The number of H-pyrrole nitrogens is 1. The minimum atomic E-state index is -0.766. The normalized spacial score (nSPS) is 21.3. The van der Waals surface area contributed by atoms with Crippen molar-refractivity contribution in [3.05, 3.63) is 56.5 Å². The molecule has 2 N–H and O–H groups in total. The van der Waals surface area contributed by atoms with Crippen molar-refractivity contribution in [2.45, 2.75) is 16.2 Å². The molecule has 1 saturated heterocycles. The summed E-state index contributed by atoms with van der Waals surface area (Å²) in [5.74, 6) is -1.34. The second-order valence-corrected chi connectivity index (χ2v) is 9.90. The summed E-state index contributed by atoms with van der Waals surface area (Å²) in [4.78, 5) is 43.8. The molecule has 5 rings (SSSR count). The van der Waals surface area contributed by atoms with Gasteiger partial charge in [-0.1, -0.05) is 23.1 Å². The van der Waals surface area contributed by atoms with Gasteiger partial charge in [-0.25, -0.2) is 4.90 Å². The van der Waals surface area contributed by atoms with Crippen LogP contribution in [0.25, 0.3) is 0 Å². The third kappa shape index (κ3) is 3.34. The van der Waals surface area contributed by atoms with Crippen LogP contribution < -0.4 is 24.0 Å². The number of methoxy groups -OCH3 is 3. The zero-order valence-corrected chi connectivity index (χ0v) is 20.0. The zero-order valence-electron chi connectivity index (χ0n) is 18.4. The summed E-state index contributed by atoms with van der Waals surface area (Å²) in [6, 6.07) is 9.92. The number of nitrogens with one attached hydrogen (secondary N) is 1. The highest BCUT2D eigenvalue weighted by molar-refractivity contribution is 8.00. The standard InChI is InChI=1S/C23H20N2O7S2/c1-30-12-6-4-11(5-7-12)25-21(27)16-15(10-8-13(31-2)17(26)14(9-10)32-3)18-20(24-23(29)34-18)33-19(16)22(25)28/h4-9,15-16,19,26H,1-3H3,(H,24,29)/t15-,16-,19+/m0/s1. The Balaban J connectivity index is 1.66. The molecule has 1 aromatic heterocycles. The van der Waals surface area contributed by atoms with E-state index in [0.717, 1.165) is 11.3 Å². The van der Waals surface area contributed by atoms with Gasteiger partial charge in [0.2, 0.25) is 17.6 Å². The SMILES string of the molecule is COc1ccc(N2C(=O)[C@H]3[C@H](c4cc(OC)c(O)c(OC)c4)c4sc(=O)[nH]c4S[C@H]3C2=O)cc1.